The minimum Gasteiger partial charge on any atom is -0.464 e. The Morgan fingerprint density at radius 1 is 1.10 bits per heavy atom. The van der Waals surface area contributed by atoms with Crippen LogP contribution in [0.1, 0.15) is 17.2 Å². The maximum absolute atomic E-state index is 10.4. The van der Waals surface area contributed by atoms with E-state index in [1.54, 1.807) is 24.5 Å². The molecule has 0 aliphatic rings. The van der Waals surface area contributed by atoms with Crippen LogP contribution in [-0.4, -0.2) is 5.11 Å². The molecule has 1 heterocycles. The molecule has 2 aromatic carbocycles. The van der Waals surface area contributed by atoms with Crippen LogP contribution in [0, 0.1) is 0 Å². The Balaban J connectivity index is 1.93. The summed E-state index contributed by atoms with van der Waals surface area (Å²) in [7, 11) is 0. The van der Waals surface area contributed by atoms with E-state index in [-0.39, 0.29) is 0 Å². The highest BCUT2D eigenvalue weighted by Gasteiger charge is 2.16. The number of furan rings is 1. The summed E-state index contributed by atoms with van der Waals surface area (Å²) >= 11 is 12.1. The maximum atomic E-state index is 10.4. The van der Waals surface area contributed by atoms with Crippen molar-refractivity contribution in [1.29, 1.82) is 0 Å². The molecule has 0 amide bonds. The van der Waals surface area contributed by atoms with Crippen molar-refractivity contribution in [1.82, 2.24) is 0 Å². The third-order valence-electron chi connectivity index (χ3n) is 3.29. The maximum Gasteiger partial charge on any atom is 0.134 e. The molecule has 2 nitrogen and oxygen atoms in total. The summed E-state index contributed by atoms with van der Waals surface area (Å²) in [6, 6.07) is 12.9. The van der Waals surface area contributed by atoms with Gasteiger partial charge in [-0.3, -0.25) is 0 Å². The zero-order valence-electron chi connectivity index (χ0n) is 10.5. The number of benzene rings is 2. The van der Waals surface area contributed by atoms with Gasteiger partial charge in [-0.1, -0.05) is 41.4 Å². The fourth-order valence-electron chi connectivity index (χ4n) is 2.27. The summed E-state index contributed by atoms with van der Waals surface area (Å²) in [5, 5.41) is 12.5. The molecule has 0 saturated carbocycles. The van der Waals surface area contributed by atoms with Gasteiger partial charge >= 0.3 is 0 Å². The first kappa shape index (κ1) is 13.5. The summed E-state index contributed by atoms with van der Waals surface area (Å²) < 4.78 is 5.44. The van der Waals surface area contributed by atoms with Crippen LogP contribution in [0.3, 0.4) is 0 Å². The number of halogens is 2. The summed E-state index contributed by atoms with van der Waals surface area (Å²) in [6.45, 7) is 0. The third-order valence-corrected chi connectivity index (χ3v) is 3.89. The lowest BCUT2D eigenvalue weighted by molar-refractivity contribution is 0.179. The van der Waals surface area contributed by atoms with E-state index < -0.39 is 6.10 Å². The molecule has 102 valence electrons. The molecular weight excluding hydrogens is 295 g/mol. The third kappa shape index (κ3) is 2.55. The van der Waals surface area contributed by atoms with Crippen LogP contribution < -0.4 is 0 Å². The molecule has 1 aromatic heterocycles. The molecule has 1 N–H and O–H groups in total. The largest absolute Gasteiger partial charge is 0.464 e. The molecule has 4 heteroatoms. The van der Waals surface area contributed by atoms with E-state index in [4.69, 9.17) is 27.6 Å². The van der Waals surface area contributed by atoms with Crippen molar-refractivity contribution in [3.8, 4) is 0 Å². The minimum atomic E-state index is -0.686. The monoisotopic (exact) mass is 306 g/mol. The van der Waals surface area contributed by atoms with E-state index >= 15 is 0 Å². The van der Waals surface area contributed by atoms with Gasteiger partial charge in [-0.05, 0) is 29.8 Å². The van der Waals surface area contributed by atoms with Crippen LogP contribution >= 0.6 is 23.2 Å². The fraction of sp³-hybridized carbons (Fsp3) is 0.125. The summed E-state index contributed by atoms with van der Waals surface area (Å²) in [5.74, 6) is 0. The lowest BCUT2D eigenvalue weighted by Crippen LogP contribution is -2.01. The van der Waals surface area contributed by atoms with Crippen LogP contribution in [0.2, 0.25) is 10.0 Å². The molecular formula is C16H12Cl2O2. The number of aliphatic hydroxyl groups is 1. The highest BCUT2D eigenvalue weighted by atomic mass is 35.5. The van der Waals surface area contributed by atoms with Crippen molar-refractivity contribution in [2.24, 2.45) is 0 Å². The van der Waals surface area contributed by atoms with Gasteiger partial charge in [0.15, 0.2) is 0 Å². The number of rotatable bonds is 3. The van der Waals surface area contributed by atoms with Gasteiger partial charge in [-0.15, -0.1) is 0 Å². The lowest BCUT2D eigenvalue weighted by atomic mass is 10.0. The molecule has 0 aliphatic carbocycles. The molecule has 3 rings (SSSR count). The predicted molar refractivity (Wildman–Crippen MR) is 81.3 cm³/mol. The predicted octanol–water partition coefficient (Wildman–Crippen LogP) is 5.02. The van der Waals surface area contributed by atoms with E-state index in [2.05, 4.69) is 0 Å². The Labute approximate surface area is 126 Å². The molecule has 0 radical (unpaired) electrons. The summed E-state index contributed by atoms with van der Waals surface area (Å²) in [5.41, 5.74) is 2.34. The molecule has 1 unspecified atom stereocenters. The van der Waals surface area contributed by atoms with Gasteiger partial charge in [0.1, 0.15) is 5.58 Å². The molecule has 1 atom stereocenters. The zero-order chi connectivity index (χ0) is 14.1. The second kappa shape index (κ2) is 5.49. The molecule has 20 heavy (non-hydrogen) atoms. The Morgan fingerprint density at radius 2 is 1.90 bits per heavy atom. The first-order valence-electron chi connectivity index (χ1n) is 6.23. The highest BCUT2D eigenvalue weighted by Crippen LogP contribution is 2.31. The quantitative estimate of drug-likeness (QED) is 0.737. The van der Waals surface area contributed by atoms with Gasteiger partial charge in [0.05, 0.1) is 12.4 Å². The number of hydrogen-bond donors (Lipinski definition) is 1. The molecule has 0 aliphatic heterocycles. The van der Waals surface area contributed by atoms with E-state index in [1.807, 2.05) is 24.3 Å². The molecule has 0 fully saturated rings. The van der Waals surface area contributed by atoms with Crippen LogP contribution in [0.5, 0.6) is 0 Å². The number of hydrogen-bond acceptors (Lipinski definition) is 2. The normalized spacial score (nSPS) is 12.8. The van der Waals surface area contributed by atoms with Crippen LogP contribution in [-0.2, 0) is 6.42 Å². The average molecular weight is 307 g/mol. The average Bonchev–Trinajstić information content (AvgIpc) is 2.87. The number of fused-ring (bicyclic) bond motifs is 1. The van der Waals surface area contributed by atoms with E-state index in [9.17, 15) is 5.11 Å². The Morgan fingerprint density at radius 3 is 2.75 bits per heavy atom. The van der Waals surface area contributed by atoms with Gasteiger partial charge in [0.25, 0.3) is 0 Å². The van der Waals surface area contributed by atoms with Crippen molar-refractivity contribution in [3.05, 3.63) is 69.9 Å². The van der Waals surface area contributed by atoms with E-state index in [0.717, 1.165) is 22.1 Å². The van der Waals surface area contributed by atoms with Crippen molar-refractivity contribution >= 4 is 34.2 Å². The summed E-state index contributed by atoms with van der Waals surface area (Å²) in [6.07, 6.45) is 1.30. The van der Waals surface area contributed by atoms with Gasteiger partial charge in [-0.2, -0.15) is 0 Å². The van der Waals surface area contributed by atoms with Crippen molar-refractivity contribution < 1.29 is 9.52 Å². The SMILES string of the molecule is OC(Cc1cc(Cl)ccc1Cl)c1coc2ccccc12. The standard InChI is InChI=1S/C16H12Cl2O2/c17-11-5-6-14(18)10(7-11)8-15(19)13-9-20-16-4-2-1-3-12(13)16/h1-7,9,15,19H,8H2. The first-order valence-corrected chi connectivity index (χ1v) is 6.99. The van der Waals surface area contributed by atoms with Gasteiger partial charge in [-0.25, -0.2) is 0 Å². The molecule has 0 spiro atoms. The first-order chi connectivity index (χ1) is 9.65. The second-order valence-corrected chi connectivity index (χ2v) is 5.49. The zero-order valence-corrected chi connectivity index (χ0v) is 12.0. The van der Waals surface area contributed by atoms with Crippen LogP contribution in [0.25, 0.3) is 11.0 Å². The van der Waals surface area contributed by atoms with Crippen molar-refractivity contribution in [3.63, 3.8) is 0 Å². The Hall–Kier alpha value is -1.48. The minimum absolute atomic E-state index is 0.392. The van der Waals surface area contributed by atoms with Crippen LogP contribution in [0.15, 0.2) is 53.1 Å². The van der Waals surface area contributed by atoms with Crippen LogP contribution in [0.4, 0.5) is 0 Å². The topological polar surface area (TPSA) is 33.4 Å². The highest BCUT2D eigenvalue weighted by molar-refractivity contribution is 6.33. The summed E-state index contributed by atoms with van der Waals surface area (Å²) in [4.78, 5) is 0. The van der Waals surface area contributed by atoms with Crippen molar-refractivity contribution in [2.45, 2.75) is 12.5 Å². The molecule has 0 saturated heterocycles. The van der Waals surface area contributed by atoms with Gasteiger partial charge in [0.2, 0.25) is 0 Å². The van der Waals surface area contributed by atoms with Gasteiger partial charge in [0, 0.05) is 27.4 Å². The van der Waals surface area contributed by atoms with Crippen molar-refractivity contribution in [2.75, 3.05) is 0 Å². The fourth-order valence-corrected chi connectivity index (χ4v) is 2.66. The Kier molecular flexibility index (Phi) is 3.70. The molecule has 0 bridgehead atoms. The smallest absolute Gasteiger partial charge is 0.134 e. The lowest BCUT2D eigenvalue weighted by Gasteiger charge is -2.11. The molecule has 3 aromatic rings. The second-order valence-electron chi connectivity index (χ2n) is 4.64. The van der Waals surface area contributed by atoms with E-state index in [0.29, 0.717) is 16.5 Å². The van der Waals surface area contributed by atoms with E-state index in [1.165, 1.54) is 0 Å². The van der Waals surface area contributed by atoms with Gasteiger partial charge < -0.3 is 9.52 Å². The number of para-hydroxylation sites is 1. The number of aliphatic hydroxyl groups excluding tert-OH is 1. The Bertz CT molecular complexity index is 749.